The summed E-state index contributed by atoms with van der Waals surface area (Å²) in [5, 5.41) is 0. The molecule has 0 saturated carbocycles. The average molecular weight is 191 g/mol. The van der Waals surface area contributed by atoms with Gasteiger partial charge in [0, 0.05) is 17.3 Å². The van der Waals surface area contributed by atoms with E-state index in [0.717, 1.165) is 0 Å². The van der Waals surface area contributed by atoms with Gasteiger partial charge in [-0.3, -0.25) is 4.98 Å². The molecule has 0 amide bonds. The molecular weight excluding hydrogens is 170 g/mol. The molecule has 0 aliphatic rings. The molecule has 0 saturated heterocycles. The summed E-state index contributed by atoms with van der Waals surface area (Å²) in [4.78, 5) is 4.49. The first-order valence-electron chi connectivity index (χ1n) is 5.30. The summed E-state index contributed by atoms with van der Waals surface area (Å²) in [5.74, 6) is 0.582. The Bertz CT molecular complexity index is 318. The Morgan fingerprint density at radius 1 is 1.21 bits per heavy atom. The number of pyridine rings is 1. The smallest absolute Gasteiger partial charge is 0.0488 e. The molecule has 0 aromatic carbocycles. The summed E-state index contributed by atoms with van der Waals surface area (Å²) < 4.78 is 0. The minimum atomic E-state index is 0.148. The molecule has 0 fully saturated rings. The van der Waals surface area contributed by atoms with Crippen LogP contribution in [0.5, 0.6) is 0 Å². The quantitative estimate of drug-likeness (QED) is 0.657. The number of hydrogen-bond acceptors (Lipinski definition) is 1. The molecule has 0 bridgehead atoms. The third kappa shape index (κ3) is 2.14. The molecule has 1 rings (SSSR count). The summed E-state index contributed by atoms with van der Waals surface area (Å²) in [6, 6.07) is 2.13. The zero-order chi connectivity index (χ0) is 10.9. The molecular formula is C13H21N. The molecule has 0 spiro atoms. The van der Waals surface area contributed by atoms with Gasteiger partial charge in [-0.1, -0.05) is 34.6 Å². The maximum absolute atomic E-state index is 4.49. The van der Waals surface area contributed by atoms with Gasteiger partial charge in [0.15, 0.2) is 0 Å². The van der Waals surface area contributed by atoms with Crippen molar-refractivity contribution in [2.75, 3.05) is 0 Å². The lowest BCUT2D eigenvalue weighted by molar-refractivity contribution is 0.561. The van der Waals surface area contributed by atoms with E-state index in [-0.39, 0.29) is 5.41 Å². The van der Waals surface area contributed by atoms with Crippen LogP contribution in [0.15, 0.2) is 12.3 Å². The normalized spacial score (nSPS) is 12.2. The molecule has 78 valence electrons. The van der Waals surface area contributed by atoms with Crippen molar-refractivity contribution in [3.8, 4) is 0 Å². The predicted octanol–water partition coefficient (Wildman–Crippen LogP) is 3.81. The van der Waals surface area contributed by atoms with Gasteiger partial charge in [0.1, 0.15) is 0 Å². The topological polar surface area (TPSA) is 12.9 Å². The highest BCUT2D eigenvalue weighted by atomic mass is 14.7. The van der Waals surface area contributed by atoms with E-state index in [9.17, 15) is 0 Å². The summed E-state index contributed by atoms with van der Waals surface area (Å²) in [6.45, 7) is 13.3. The van der Waals surface area contributed by atoms with Crippen LogP contribution in [0.3, 0.4) is 0 Å². The zero-order valence-corrected chi connectivity index (χ0v) is 10.2. The molecule has 0 atom stereocenters. The lowest BCUT2D eigenvalue weighted by atomic mass is 9.85. The van der Waals surface area contributed by atoms with Gasteiger partial charge < -0.3 is 0 Å². The van der Waals surface area contributed by atoms with Crippen LogP contribution in [-0.4, -0.2) is 4.98 Å². The van der Waals surface area contributed by atoms with Crippen LogP contribution in [0.1, 0.15) is 57.4 Å². The van der Waals surface area contributed by atoms with E-state index in [2.05, 4.69) is 52.6 Å². The Labute approximate surface area is 87.6 Å². The highest BCUT2D eigenvalue weighted by Crippen LogP contribution is 2.28. The van der Waals surface area contributed by atoms with Crippen LogP contribution in [0.2, 0.25) is 0 Å². The van der Waals surface area contributed by atoms with Crippen molar-refractivity contribution in [1.29, 1.82) is 0 Å². The summed E-state index contributed by atoms with van der Waals surface area (Å²) in [7, 11) is 0. The first-order valence-corrected chi connectivity index (χ1v) is 5.30. The van der Waals surface area contributed by atoms with E-state index < -0.39 is 0 Å². The van der Waals surface area contributed by atoms with Crippen LogP contribution < -0.4 is 0 Å². The fourth-order valence-corrected chi connectivity index (χ4v) is 1.93. The van der Waals surface area contributed by atoms with Crippen molar-refractivity contribution in [1.82, 2.24) is 4.98 Å². The summed E-state index contributed by atoms with van der Waals surface area (Å²) >= 11 is 0. The SMILES string of the molecule is Cc1c(C(C)C)ccnc1C(C)(C)C. The van der Waals surface area contributed by atoms with E-state index in [1.54, 1.807) is 0 Å². The van der Waals surface area contributed by atoms with E-state index in [4.69, 9.17) is 0 Å². The zero-order valence-electron chi connectivity index (χ0n) is 10.2. The third-order valence-corrected chi connectivity index (χ3v) is 2.58. The monoisotopic (exact) mass is 191 g/mol. The highest BCUT2D eigenvalue weighted by molar-refractivity contribution is 5.34. The van der Waals surface area contributed by atoms with Crippen LogP contribution in [0.4, 0.5) is 0 Å². The molecule has 0 aliphatic carbocycles. The van der Waals surface area contributed by atoms with Crippen LogP contribution in [-0.2, 0) is 5.41 Å². The van der Waals surface area contributed by atoms with Gasteiger partial charge in [-0.25, -0.2) is 0 Å². The predicted molar refractivity (Wildman–Crippen MR) is 61.8 cm³/mol. The molecule has 0 unspecified atom stereocenters. The van der Waals surface area contributed by atoms with Crippen molar-refractivity contribution >= 4 is 0 Å². The Kier molecular flexibility index (Phi) is 2.98. The molecule has 0 radical (unpaired) electrons. The summed E-state index contributed by atoms with van der Waals surface area (Å²) in [6.07, 6.45) is 1.93. The standard InChI is InChI=1S/C13H21N/c1-9(2)11-7-8-14-12(10(11)3)13(4,5)6/h7-9H,1-6H3. The van der Waals surface area contributed by atoms with Gasteiger partial charge in [0.25, 0.3) is 0 Å². The highest BCUT2D eigenvalue weighted by Gasteiger charge is 2.19. The Hall–Kier alpha value is -0.850. The molecule has 1 nitrogen and oxygen atoms in total. The van der Waals surface area contributed by atoms with Crippen LogP contribution in [0, 0.1) is 6.92 Å². The van der Waals surface area contributed by atoms with Crippen LogP contribution >= 0.6 is 0 Å². The van der Waals surface area contributed by atoms with E-state index in [0.29, 0.717) is 5.92 Å². The molecule has 1 heteroatoms. The van der Waals surface area contributed by atoms with Gasteiger partial charge in [-0.2, -0.15) is 0 Å². The minimum Gasteiger partial charge on any atom is -0.260 e. The Morgan fingerprint density at radius 3 is 2.21 bits per heavy atom. The van der Waals surface area contributed by atoms with Crippen molar-refractivity contribution < 1.29 is 0 Å². The summed E-state index contributed by atoms with van der Waals surface area (Å²) in [5.41, 5.74) is 4.15. The second kappa shape index (κ2) is 3.72. The van der Waals surface area contributed by atoms with Crippen molar-refractivity contribution in [2.24, 2.45) is 0 Å². The van der Waals surface area contributed by atoms with E-state index in [1.807, 2.05) is 6.20 Å². The van der Waals surface area contributed by atoms with Gasteiger partial charge >= 0.3 is 0 Å². The van der Waals surface area contributed by atoms with Crippen molar-refractivity contribution in [3.05, 3.63) is 29.1 Å². The second-order valence-electron chi connectivity index (χ2n) is 5.28. The van der Waals surface area contributed by atoms with Gasteiger partial charge in [-0.05, 0) is 30.0 Å². The minimum absolute atomic E-state index is 0.148. The van der Waals surface area contributed by atoms with Crippen LogP contribution in [0.25, 0.3) is 0 Å². The lowest BCUT2D eigenvalue weighted by Gasteiger charge is -2.22. The molecule has 1 aromatic rings. The largest absolute Gasteiger partial charge is 0.260 e. The maximum Gasteiger partial charge on any atom is 0.0488 e. The van der Waals surface area contributed by atoms with Crippen molar-refractivity contribution in [3.63, 3.8) is 0 Å². The van der Waals surface area contributed by atoms with Crippen molar-refractivity contribution in [2.45, 2.75) is 52.9 Å². The molecule has 1 heterocycles. The second-order valence-corrected chi connectivity index (χ2v) is 5.28. The first-order chi connectivity index (χ1) is 6.34. The number of hydrogen-bond donors (Lipinski definition) is 0. The van der Waals surface area contributed by atoms with E-state index in [1.165, 1.54) is 16.8 Å². The maximum atomic E-state index is 4.49. The fraction of sp³-hybridized carbons (Fsp3) is 0.615. The number of aromatic nitrogens is 1. The van der Waals surface area contributed by atoms with E-state index >= 15 is 0 Å². The molecule has 0 aliphatic heterocycles. The number of nitrogens with zero attached hydrogens (tertiary/aromatic N) is 1. The Balaban J connectivity index is 3.28. The number of rotatable bonds is 1. The first kappa shape index (κ1) is 11.2. The van der Waals surface area contributed by atoms with Gasteiger partial charge in [-0.15, -0.1) is 0 Å². The average Bonchev–Trinajstić information content (AvgIpc) is 2.01. The lowest BCUT2D eigenvalue weighted by Crippen LogP contribution is -2.16. The fourth-order valence-electron chi connectivity index (χ4n) is 1.93. The third-order valence-electron chi connectivity index (χ3n) is 2.58. The molecule has 1 aromatic heterocycles. The van der Waals surface area contributed by atoms with Gasteiger partial charge in [0.2, 0.25) is 0 Å². The molecule has 0 N–H and O–H groups in total. The molecule has 14 heavy (non-hydrogen) atoms. The van der Waals surface area contributed by atoms with Gasteiger partial charge in [0.05, 0.1) is 0 Å². The Morgan fingerprint density at radius 2 is 1.79 bits per heavy atom.